The van der Waals surface area contributed by atoms with Crippen molar-refractivity contribution in [1.29, 1.82) is 0 Å². The number of hydrogen-bond donors (Lipinski definition) is 1. The second-order valence-corrected chi connectivity index (χ2v) is 5.22. The lowest BCUT2D eigenvalue weighted by Gasteiger charge is -2.15. The Morgan fingerprint density at radius 1 is 0.958 bits per heavy atom. The summed E-state index contributed by atoms with van der Waals surface area (Å²) in [5.74, 6) is 0.128. The van der Waals surface area contributed by atoms with Crippen molar-refractivity contribution in [2.24, 2.45) is 0 Å². The van der Waals surface area contributed by atoms with Crippen molar-refractivity contribution in [3.8, 4) is 0 Å². The van der Waals surface area contributed by atoms with Crippen LogP contribution < -0.4 is 5.32 Å². The van der Waals surface area contributed by atoms with Crippen molar-refractivity contribution < 1.29 is 4.79 Å². The van der Waals surface area contributed by atoms with Crippen molar-refractivity contribution in [2.75, 3.05) is 0 Å². The molecule has 4 rings (SSSR count). The highest BCUT2D eigenvalue weighted by atomic mass is 16.1. The largest absolute Gasteiger partial charge is 0.352 e. The number of fused-ring (bicyclic) bond motifs is 2. The van der Waals surface area contributed by atoms with Gasteiger partial charge in [0.25, 0.3) is 0 Å². The first kappa shape index (κ1) is 17.6. The molecule has 0 unspecified atom stereocenters. The maximum atomic E-state index is 10.9. The lowest BCUT2D eigenvalue weighted by atomic mass is 10.0. The topological polar surface area (TPSA) is 54.9 Å². The van der Waals surface area contributed by atoms with E-state index in [0.717, 1.165) is 22.3 Å². The second-order valence-electron chi connectivity index (χ2n) is 5.22. The molecule has 4 nitrogen and oxygen atoms in total. The van der Waals surface area contributed by atoms with Crippen LogP contribution in [0.4, 0.5) is 0 Å². The number of carbonyl (C=O) groups is 1. The molecule has 0 radical (unpaired) electrons. The van der Waals surface area contributed by atoms with E-state index >= 15 is 0 Å². The van der Waals surface area contributed by atoms with Gasteiger partial charge in [0.2, 0.25) is 5.91 Å². The van der Waals surface area contributed by atoms with Crippen LogP contribution in [-0.4, -0.2) is 15.9 Å². The molecule has 0 spiro atoms. The average molecular weight is 321 g/mol. The normalized spacial score (nSPS) is 12.0. The molecular formula is C20H23N3O. The van der Waals surface area contributed by atoms with Gasteiger partial charge in [-0.15, -0.1) is 0 Å². The summed E-state index contributed by atoms with van der Waals surface area (Å²) >= 11 is 0. The maximum Gasteiger partial charge on any atom is 0.224 e. The second kappa shape index (κ2) is 8.77. The molecule has 0 atom stereocenters. The van der Waals surface area contributed by atoms with E-state index in [0.29, 0.717) is 13.0 Å². The molecule has 1 aliphatic heterocycles. The molecule has 2 aromatic heterocycles. The minimum atomic E-state index is 0.128. The maximum absolute atomic E-state index is 10.9. The van der Waals surface area contributed by atoms with E-state index in [1.54, 1.807) is 6.20 Å². The van der Waals surface area contributed by atoms with Gasteiger partial charge in [-0.3, -0.25) is 4.79 Å². The Hall–Kier alpha value is -2.75. The zero-order chi connectivity index (χ0) is 17.4. The van der Waals surface area contributed by atoms with E-state index in [1.165, 1.54) is 5.56 Å². The van der Waals surface area contributed by atoms with Crippen LogP contribution >= 0.6 is 0 Å². The summed E-state index contributed by atoms with van der Waals surface area (Å²) in [7, 11) is 0. The average Bonchev–Trinajstić information content (AvgIpc) is 2.64. The minimum absolute atomic E-state index is 0.128. The number of nitrogens with one attached hydrogen (secondary N) is 1. The SMILES string of the molecule is CC.Cc1ccc2cccnc2n1.O=C1Cc2ccccc2CN1. The van der Waals surface area contributed by atoms with Crippen LogP contribution in [0.15, 0.2) is 54.7 Å². The van der Waals surface area contributed by atoms with Crippen molar-refractivity contribution in [3.63, 3.8) is 0 Å². The highest BCUT2D eigenvalue weighted by molar-refractivity contribution is 5.80. The predicted octanol–water partition coefficient (Wildman–Crippen LogP) is 3.82. The van der Waals surface area contributed by atoms with Crippen LogP contribution in [0, 0.1) is 6.92 Å². The van der Waals surface area contributed by atoms with Gasteiger partial charge in [0.15, 0.2) is 5.65 Å². The Morgan fingerprint density at radius 3 is 2.50 bits per heavy atom. The van der Waals surface area contributed by atoms with Crippen molar-refractivity contribution in [1.82, 2.24) is 15.3 Å². The molecular weight excluding hydrogens is 298 g/mol. The molecule has 1 aliphatic rings. The van der Waals surface area contributed by atoms with Crippen LogP contribution in [0.5, 0.6) is 0 Å². The molecule has 3 aromatic rings. The van der Waals surface area contributed by atoms with Gasteiger partial charge < -0.3 is 5.32 Å². The van der Waals surface area contributed by atoms with Crippen molar-refractivity contribution >= 4 is 16.9 Å². The van der Waals surface area contributed by atoms with E-state index in [4.69, 9.17) is 0 Å². The quantitative estimate of drug-likeness (QED) is 0.685. The van der Waals surface area contributed by atoms with Gasteiger partial charge in [-0.1, -0.05) is 38.1 Å². The van der Waals surface area contributed by atoms with Crippen molar-refractivity contribution in [3.05, 3.63) is 71.5 Å². The fourth-order valence-electron chi connectivity index (χ4n) is 2.38. The number of carbonyl (C=O) groups excluding carboxylic acids is 1. The Bertz CT molecular complexity index is 815. The van der Waals surface area contributed by atoms with Gasteiger partial charge in [-0.2, -0.15) is 0 Å². The van der Waals surface area contributed by atoms with E-state index in [1.807, 2.05) is 63.2 Å². The summed E-state index contributed by atoms with van der Waals surface area (Å²) in [6, 6.07) is 16.0. The first-order valence-corrected chi connectivity index (χ1v) is 8.24. The van der Waals surface area contributed by atoms with Crippen LogP contribution in [0.2, 0.25) is 0 Å². The number of nitrogens with zero attached hydrogens (tertiary/aromatic N) is 2. The Kier molecular flexibility index (Phi) is 6.43. The van der Waals surface area contributed by atoms with Crippen LogP contribution in [0.1, 0.15) is 30.7 Å². The molecule has 124 valence electrons. The number of aromatic nitrogens is 2. The molecule has 3 heterocycles. The first-order valence-electron chi connectivity index (χ1n) is 8.24. The molecule has 1 N–H and O–H groups in total. The third-order valence-corrected chi connectivity index (χ3v) is 3.55. The van der Waals surface area contributed by atoms with Gasteiger partial charge in [0.05, 0.1) is 6.42 Å². The number of pyridine rings is 2. The molecule has 0 aliphatic carbocycles. The zero-order valence-corrected chi connectivity index (χ0v) is 14.4. The summed E-state index contributed by atoms with van der Waals surface area (Å²) in [5, 5.41) is 3.89. The van der Waals surface area contributed by atoms with E-state index in [9.17, 15) is 4.79 Å². The van der Waals surface area contributed by atoms with Crippen LogP contribution in [0.25, 0.3) is 11.0 Å². The smallest absolute Gasteiger partial charge is 0.224 e. The lowest BCUT2D eigenvalue weighted by Crippen LogP contribution is -2.29. The van der Waals surface area contributed by atoms with Gasteiger partial charge in [0.1, 0.15) is 0 Å². The molecule has 0 bridgehead atoms. The fourth-order valence-corrected chi connectivity index (χ4v) is 2.38. The highest BCUT2D eigenvalue weighted by Crippen LogP contribution is 2.12. The van der Waals surface area contributed by atoms with Gasteiger partial charge in [-0.25, -0.2) is 9.97 Å². The number of amides is 1. The number of hydrogen-bond acceptors (Lipinski definition) is 3. The number of benzene rings is 1. The zero-order valence-electron chi connectivity index (χ0n) is 14.4. The summed E-state index contributed by atoms with van der Waals surface area (Å²) < 4.78 is 0. The third-order valence-electron chi connectivity index (χ3n) is 3.55. The Morgan fingerprint density at radius 2 is 1.71 bits per heavy atom. The van der Waals surface area contributed by atoms with Gasteiger partial charge >= 0.3 is 0 Å². The molecule has 1 aromatic carbocycles. The monoisotopic (exact) mass is 321 g/mol. The predicted molar refractivity (Wildman–Crippen MR) is 97.6 cm³/mol. The molecule has 1 amide bonds. The van der Waals surface area contributed by atoms with Gasteiger partial charge in [0, 0.05) is 23.8 Å². The lowest BCUT2D eigenvalue weighted by molar-refractivity contribution is -0.121. The Labute approximate surface area is 143 Å². The summed E-state index contributed by atoms with van der Waals surface area (Å²) in [6.07, 6.45) is 2.30. The standard InChI is InChI=1S/C9H8N2.C9H9NO.C2H6/c1-7-4-5-8-3-2-6-10-9(8)11-7;11-9-5-7-3-1-2-4-8(7)6-10-9;1-2/h2-6H,1H3;1-4H,5-6H2,(H,10,11);1-2H3. The summed E-state index contributed by atoms with van der Waals surface area (Å²) in [5.41, 5.74) is 4.24. The van der Waals surface area contributed by atoms with Crippen LogP contribution in [-0.2, 0) is 17.8 Å². The molecule has 0 fully saturated rings. The van der Waals surface area contributed by atoms with Crippen molar-refractivity contribution in [2.45, 2.75) is 33.7 Å². The number of aryl methyl sites for hydroxylation is 1. The van der Waals surface area contributed by atoms with Crippen LogP contribution in [0.3, 0.4) is 0 Å². The number of rotatable bonds is 0. The molecule has 24 heavy (non-hydrogen) atoms. The summed E-state index contributed by atoms with van der Waals surface area (Å²) in [4.78, 5) is 19.3. The highest BCUT2D eigenvalue weighted by Gasteiger charge is 2.12. The summed E-state index contributed by atoms with van der Waals surface area (Å²) in [6.45, 7) is 6.66. The molecule has 4 heteroatoms. The third kappa shape index (κ3) is 4.62. The molecule has 0 saturated heterocycles. The van der Waals surface area contributed by atoms with Gasteiger partial charge in [-0.05, 0) is 42.3 Å². The van der Waals surface area contributed by atoms with E-state index in [-0.39, 0.29) is 5.91 Å². The first-order chi connectivity index (χ1) is 11.7. The minimum Gasteiger partial charge on any atom is -0.352 e. The molecule has 0 saturated carbocycles. The van der Waals surface area contributed by atoms with E-state index in [2.05, 4.69) is 21.4 Å². The van der Waals surface area contributed by atoms with E-state index < -0.39 is 0 Å². The fraction of sp³-hybridized carbons (Fsp3) is 0.250. The Balaban J connectivity index is 0.000000158.